The number of hydrogen-bond acceptors (Lipinski definition) is 2. The van der Waals surface area contributed by atoms with Gasteiger partial charge in [0.05, 0.1) is 5.02 Å². The van der Waals surface area contributed by atoms with Crippen LogP contribution in [0.3, 0.4) is 0 Å². The molecule has 2 nitrogen and oxygen atoms in total. The summed E-state index contributed by atoms with van der Waals surface area (Å²) < 4.78 is 6.34. The van der Waals surface area contributed by atoms with Crippen LogP contribution in [0.2, 0.25) is 5.02 Å². The first-order valence-electron chi connectivity index (χ1n) is 11.5. The monoisotopic (exact) mass is 457 g/mol. The zero-order chi connectivity index (χ0) is 22.6. The largest absolute Gasteiger partial charge is 0.359 e. The number of fused-ring (bicyclic) bond motifs is 10. The zero-order valence-corrected chi connectivity index (χ0v) is 19.0. The van der Waals surface area contributed by atoms with Crippen molar-refractivity contribution in [1.82, 2.24) is 4.98 Å². The number of aromatic nitrogens is 1. The van der Waals surface area contributed by atoms with Gasteiger partial charge in [-0.3, -0.25) is 4.98 Å². The van der Waals surface area contributed by atoms with Crippen molar-refractivity contribution in [3.63, 3.8) is 0 Å². The summed E-state index contributed by atoms with van der Waals surface area (Å²) in [5, 5.41) is 0.633. The second-order valence-electron chi connectivity index (χ2n) is 8.85. The predicted molar refractivity (Wildman–Crippen MR) is 138 cm³/mol. The molecule has 1 fully saturated rings. The summed E-state index contributed by atoms with van der Waals surface area (Å²) >= 11 is 6.27. The van der Waals surface area contributed by atoms with E-state index in [0.717, 1.165) is 11.1 Å². The molecule has 0 N–H and O–H groups in total. The van der Waals surface area contributed by atoms with E-state index in [1.165, 1.54) is 44.5 Å². The van der Waals surface area contributed by atoms with Gasteiger partial charge in [0.2, 0.25) is 0 Å². The molecule has 0 radical (unpaired) electrons. The maximum atomic E-state index is 6.34. The van der Waals surface area contributed by atoms with Crippen molar-refractivity contribution in [1.29, 1.82) is 0 Å². The van der Waals surface area contributed by atoms with Gasteiger partial charge in [0.25, 0.3) is 0 Å². The van der Waals surface area contributed by atoms with Crippen LogP contribution >= 0.6 is 11.6 Å². The molecule has 5 aromatic rings. The summed E-state index contributed by atoms with van der Waals surface area (Å²) in [5.41, 5.74) is 11.8. The fourth-order valence-electron chi connectivity index (χ4n) is 5.27. The smallest absolute Gasteiger partial charge is 0.114 e. The number of halogens is 1. The zero-order valence-electron chi connectivity index (χ0n) is 18.3. The first-order valence-corrected chi connectivity index (χ1v) is 11.8. The lowest BCUT2D eigenvalue weighted by molar-refractivity contribution is 0.378. The van der Waals surface area contributed by atoms with E-state index in [2.05, 4.69) is 96.0 Å². The molecule has 34 heavy (non-hydrogen) atoms. The quantitative estimate of drug-likeness (QED) is 0.236. The lowest BCUT2D eigenvalue weighted by atomic mass is 9.82. The third kappa shape index (κ3) is 3.11. The van der Waals surface area contributed by atoms with E-state index < -0.39 is 0 Å². The van der Waals surface area contributed by atoms with Gasteiger partial charge in [-0.1, -0.05) is 96.5 Å². The van der Waals surface area contributed by atoms with Crippen molar-refractivity contribution < 1.29 is 4.74 Å². The molecule has 1 saturated heterocycles. The Hall–Kier alpha value is -3.72. The second-order valence-corrected chi connectivity index (χ2v) is 9.29. The van der Waals surface area contributed by atoms with Crippen molar-refractivity contribution in [2.24, 2.45) is 0 Å². The minimum Gasteiger partial charge on any atom is -0.359 e. The number of pyridine rings is 1. The Morgan fingerprint density at radius 3 is 1.76 bits per heavy atom. The van der Waals surface area contributed by atoms with Crippen molar-refractivity contribution in [2.45, 2.75) is 12.2 Å². The molecule has 2 aliphatic rings. The molecule has 1 aromatic heterocycles. The summed E-state index contributed by atoms with van der Waals surface area (Å²) in [6.07, 6.45) is 3.64. The summed E-state index contributed by atoms with van der Waals surface area (Å²) in [5.74, 6) is 0. The highest BCUT2D eigenvalue weighted by molar-refractivity contribution is 6.30. The molecule has 0 saturated carbocycles. The molecular formula is C31H20ClNO. The molecule has 7 rings (SSSR count). The van der Waals surface area contributed by atoms with Crippen molar-refractivity contribution in [3.05, 3.63) is 126 Å². The molecule has 162 valence electrons. The van der Waals surface area contributed by atoms with Crippen LogP contribution in [0.25, 0.3) is 44.5 Å². The SMILES string of the molecule is Clc1cncc(-c2ccc3c(c2)-c2ccccc2C2OC2c2ccccc2-c2ccccc2-3)c1. The van der Waals surface area contributed by atoms with Gasteiger partial charge in [-0.25, -0.2) is 0 Å². The molecule has 4 aromatic carbocycles. The first-order chi connectivity index (χ1) is 16.8. The van der Waals surface area contributed by atoms with Crippen molar-refractivity contribution in [2.75, 3.05) is 0 Å². The number of nitrogens with zero attached hydrogens (tertiary/aromatic N) is 1. The van der Waals surface area contributed by atoms with Gasteiger partial charge < -0.3 is 4.74 Å². The maximum absolute atomic E-state index is 6.34. The minimum atomic E-state index is 0.0481. The molecular weight excluding hydrogens is 438 g/mol. The molecule has 2 atom stereocenters. The Kier molecular flexibility index (Phi) is 4.45. The van der Waals surface area contributed by atoms with Crippen LogP contribution in [0.4, 0.5) is 0 Å². The van der Waals surface area contributed by atoms with Gasteiger partial charge in [-0.2, -0.15) is 0 Å². The number of hydrogen-bond donors (Lipinski definition) is 0. The topological polar surface area (TPSA) is 25.4 Å². The van der Waals surface area contributed by atoms with Crippen LogP contribution in [0.15, 0.2) is 109 Å². The van der Waals surface area contributed by atoms with Crippen LogP contribution in [0.1, 0.15) is 23.3 Å². The maximum Gasteiger partial charge on any atom is 0.114 e. The normalized spacial score (nSPS) is 17.4. The molecule has 2 unspecified atom stereocenters. The predicted octanol–water partition coefficient (Wildman–Crippen LogP) is 8.53. The highest BCUT2D eigenvalue weighted by Gasteiger charge is 2.44. The van der Waals surface area contributed by atoms with E-state index in [0.29, 0.717) is 5.02 Å². The van der Waals surface area contributed by atoms with E-state index in [1.807, 2.05) is 12.3 Å². The highest BCUT2D eigenvalue weighted by Crippen LogP contribution is 2.57. The summed E-state index contributed by atoms with van der Waals surface area (Å²) in [6.45, 7) is 0. The molecule has 0 spiro atoms. The van der Waals surface area contributed by atoms with Gasteiger partial charge in [-0.05, 0) is 62.2 Å². The van der Waals surface area contributed by atoms with E-state index in [1.54, 1.807) is 6.20 Å². The Labute approximate surface area is 203 Å². The lowest BCUT2D eigenvalue weighted by Crippen LogP contribution is -1.98. The molecule has 2 heterocycles. The lowest BCUT2D eigenvalue weighted by Gasteiger charge is -2.20. The van der Waals surface area contributed by atoms with Gasteiger partial charge in [0.1, 0.15) is 12.2 Å². The van der Waals surface area contributed by atoms with Gasteiger partial charge in [0.15, 0.2) is 0 Å². The average molecular weight is 458 g/mol. The molecule has 0 amide bonds. The number of ether oxygens (including phenoxy) is 1. The summed E-state index contributed by atoms with van der Waals surface area (Å²) in [4.78, 5) is 4.31. The average Bonchev–Trinajstić information content (AvgIpc) is 3.69. The summed E-state index contributed by atoms with van der Waals surface area (Å²) in [6, 6.07) is 34.6. The van der Waals surface area contributed by atoms with Crippen LogP contribution < -0.4 is 0 Å². The molecule has 1 aliphatic carbocycles. The Morgan fingerprint density at radius 2 is 1.09 bits per heavy atom. The van der Waals surface area contributed by atoms with Gasteiger partial charge in [-0.15, -0.1) is 0 Å². The third-order valence-electron chi connectivity index (χ3n) is 6.88. The number of epoxide rings is 1. The van der Waals surface area contributed by atoms with Gasteiger partial charge >= 0.3 is 0 Å². The standard InChI is InChI=1S/C31H20ClNO/c32-21-15-20(17-33-18-21)19-13-14-26-23-8-2-1-7-22(23)24-9-3-5-11-27(24)30-31(34-30)28-12-6-4-10-25(28)29(26)16-19/h1-18,30-31H. The number of benzene rings is 4. The Balaban J connectivity index is 1.56. The third-order valence-corrected chi connectivity index (χ3v) is 7.09. The fourth-order valence-corrected chi connectivity index (χ4v) is 5.44. The van der Waals surface area contributed by atoms with E-state index >= 15 is 0 Å². The molecule has 3 heteroatoms. The Bertz CT molecular complexity index is 1570. The van der Waals surface area contributed by atoms with E-state index in [4.69, 9.17) is 16.3 Å². The van der Waals surface area contributed by atoms with Crippen LogP contribution in [0, 0.1) is 0 Å². The highest BCUT2D eigenvalue weighted by atomic mass is 35.5. The van der Waals surface area contributed by atoms with Gasteiger partial charge in [0, 0.05) is 18.0 Å². The van der Waals surface area contributed by atoms with Crippen molar-refractivity contribution in [3.8, 4) is 44.5 Å². The van der Waals surface area contributed by atoms with Crippen molar-refractivity contribution >= 4 is 11.6 Å². The molecule has 0 bridgehead atoms. The van der Waals surface area contributed by atoms with E-state index in [-0.39, 0.29) is 12.2 Å². The first kappa shape index (κ1) is 19.7. The minimum absolute atomic E-state index is 0.0481. The Morgan fingerprint density at radius 1 is 0.529 bits per heavy atom. The second kappa shape index (κ2) is 7.66. The van der Waals surface area contributed by atoms with Crippen LogP contribution in [0.5, 0.6) is 0 Å². The molecule has 1 aliphatic heterocycles. The summed E-state index contributed by atoms with van der Waals surface area (Å²) in [7, 11) is 0. The van der Waals surface area contributed by atoms with Crippen LogP contribution in [-0.2, 0) is 4.74 Å². The number of rotatable bonds is 1. The fraction of sp³-hybridized carbons (Fsp3) is 0.0645. The van der Waals surface area contributed by atoms with Crippen LogP contribution in [-0.4, -0.2) is 4.98 Å². The van der Waals surface area contributed by atoms with E-state index in [9.17, 15) is 0 Å².